The molecule has 1 unspecified atom stereocenters. The van der Waals surface area contributed by atoms with E-state index in [-0.39, 0.29) is 11.3 Å². The van der Waals surface area contributed by atoms with Crippen LogP contribution < -0.4 is 5.73 Å². The van der Waals surface area contributed by atoms with Crippen LogP contribution in [0.1, 0.15) is 24.0 Å². The predicted octanol–water partition coefficient (Wildman–Crippen LogP) is 5.44. The highest BCUT2D eigenvalue weighted by Crippen LogP contribution is 2.53. The molecule has 0 fully saturated rings. The molecule has 1 atom stereocenters. The first kappa shape index (κ1) is 19.7. The van der Waals surface area contributed by atoms with E-state index in [1.165, 1.54) is 0 Å². The van der Waals surface area contributed by atoms with Gasteiger partial charge in [-0.3, -0.25) is 0 Å². The standard InChI is InChI=1S/C22H14BrClN4/c1-13-19(15-3-2-4-17(24)9-15)18(10-25)21(28)22(11-26,12-27)20(13)14-5-7-16(23)8-6-14/h2-9,20H,28H2,1H3. The number of halogens is 2. The molecule has 0 spiro atoms. The number of nitrogens with zero attached hydrogens (tertiary/aromatic N) is 3. The van der Waals surface area contributed by atoms with Crippen LogP contribution in [0, 0.1) is 39.4 Å². The number of hydrogen-bond acceptors (Lipinski definition) is 4. The molecule has 0 radical (unpaired) electrons. The number of allylic oxidation sites excluding steroid dienone is 4. The minimum Gasteiger partial charge on any atom is -0.399 e. The number of hydrogen-bond donors (Lipinski definition) is 1. The maximum Gasteiger partial charge on any atom is 0.194 e. The van der Waals surface area contributed by atoms with Crippen molar-refractivity contribution < 1.29 is 0 Å². The topological polar surface area (TPSA) is 97.4 Å². The molecule has 0 heterocycles. The summed E-state index contributed by atoms with van der Waals surface area (Å²) in [7, 11) is 0. The van der Waals surface area contributed by atoms with Crippen molar-refractivity contribution in [2.45, 2.75) is 12.8 Å². The maximum atomic E-state index is 9.98. The highest BCUT2D eigenvalue weighted by molar-refractivity contribution is 9.10. The largest absolute Gasteiger partial charge is 0.399 e. The molecular formula is C22H14BrClN4. The van der Waals surface area contributed by atoms with Gasteiger partial charge in [0.05, 0.1) is 23.4 Å². The fourth-order valence-electron chi connectivity index (χ4n) is 3.72. The second-order valence-corrected chi connectivity index (χ2v) is 7.84. The Morgan fingerprint density at radius 2 is 1.71 bits per heavy atom. The van der Waals surface area contributed by atoms with Crippen molar-refractivity contribution in [1.82, 2.24) is 0 Å². The molecule has 6 heteroatoms. The predicted molar refractivity (Wildman–Crippen MR) is 111 cm³/mol. The van der Waals surface area contributed by atoms with E-state index in [9.17, 15) is 15.8 Å². The summed E-state index contributed by atoms with van der Waals surface area (Å²) in [5, 5.41) is 30.3. The Bertz CT molecular complexity index is 1130. The third kappa shape index (κ3) is 2.98. The number of rotatable bonds is 2. The fourth-order valence-corrected chi connectivity index (χ4v) is 4.17. The monoisotopic (exact) mass is 448 g/mol. The lowest BCUT2D eigenvalue weighted by atomic mass is 9.62. The summed E-state index contributed by atoms with van der Waals surface area (Å²) in [6, 6.07) is 20.8. The van der Waals surface area contributed by atoms with Crippen molar-refractivity contribution in [2.75, 3.05) is 0 Å². The molecule has 0 amide bonds. The van der Waals surface area contributed by atoms with Gasteiger partial charge in [0.25, 0.3) is 0 Å². The van der Waals surface area contributed by atoms with Gasteiger partial charge in [-0.1, -0.05) is 57.4 Å². The van der Waals surface area contributed by atoms with Crippen molar-refractivity contribution in [1.29, 1.82) is 15.8 Å². The molecule has 0 aromatic heterocycles. The van der Waals surface area contributed by atoms with E-state index in [1.54, 1.807) is 18.2 Å². The average Bonchev–Trinajstić information content (AvgIpc) is 2.70. The van der Waals surface area contributed by atoms with Gasteiger partial charge in [-0.25, -0.2) is 0 Å². The van der Waals surface area contributed by atoms with Crippen molar-refractivity contribution in [3.05, 3.63) is 86.0 Å². The summed E-state index contributed by atoms with van der Waals surface area (Å²) in [6.45, 7) is 1.83. The molecule has 0 bridgehead atoms. The van der Waals surface area contributed by atoms with E-state index in [0.717, 1.165) is 21.2 Å². The number of nitrogens with two attached hydrogens (primary N) is 1. The van der Waals surface area contributed by atoms with Gasteiger partial charge < -0.3 is 5.73 Å². The molecule has 2 aromatic carbocycles. The lowest BCUT2D eigenvalue weighted by Gasteiger charge is -2.37. The molecule has 28 heavy (non-hydrogen) atoms. The van der Waals surface area contributed by atoms with Crippen LogP contribution in [0.5, 0.6) is 0 Å². The van der Waals surface area contributed by atoms with E-state index in [0.29, 0.717) is 10.6 Å². The molecule has 1 aliphatic rings. The Morgan fingerprint density at radius 1 is 1.07 bits per heavy atom. The second kappa shape index (κ2) is 7.53. The molecule has 0 saturated carbocycles. The van der Waals surface area contributed by atoms with Crippen molar-refractivity contribution >= 4 is 33.1 Å². The van der Waals surface area contributed by atoms with Crippen LogP contribution in [0.4, 0.5) is 0 Å². The maximum absolute atomic E-state index is 9.98. The van der Waals surface area contributed by atoms with Gasteiger partial charge in [-0.15, -0.1) is 0 Å². The average molecular weight is 450 g/mol. The second-order valence-electron chi connectivity index (χ2n) is 6.49. The summed E-state index contributed by atoms with van der Waals surface area (Å²) in [5.74, 6) is -0.623. The first-order valence-corrected chi connectivity index (χ1v) is 9.52. The summed E-state index contributed by atoms with van der Waals surface area (Å²) >= 11 is 9.56. The Balaban J connectivity index is 2.40. The minimum absolute atomic E-state index is 0.0338. The van der Waals surface area contributed by atoms with Crippen LogP contribution in [0.25, 0.3) is 5.57 Å². The normalized spacial score (nSPS) is 18.2. The molecule has 2 aromatic rings. The highest BCUT2D eigenvalue weighted by Gasteiger charge is 2.50. The molecule has 0 saturated heterocycles. The fraction of sp³-hybridized carbons (Fsp3) is 0.136. The van der Waals surface area contributed by atoms with E-state index in [1.807, 2.05) is 37.3 Å². The van der Waals surface area contributed by atoms with E-state index in [2.05, 4.69) is 34.1 Å². The molecule has 4 nitrogen and oxygen atoms in total. The third-order valence-corrected chi connectivity index (χ3v) is 5.75. The SMILES string of the molecule is CC1=C(c2cccc(Cl)c2)C(C#N)=C(N)C(C#N)(C#N)C1c1ccc(Br)cc1. The van der Waals surface area contributed by atoms with Crippen LogP contribution in [-0.2, 0) is 0 Å². The van der Waals surface area contributed by atoms with Crippen molar-refractivity contribution in [2.24, 2.45) is 11.1 Å². The Morgan fingerprint density at radius 3 is 2.25 bits per heavy atom. The zero-order valence-electron chi connectivity index (χ0n) is 14.9. The van der Waals surface area contributed by atoms with Crippen LogP contribution in [0.3, 0.4) is 0 Å². The summed E-state index contributed by atoms with van der Waals surface area (Å²) < 4.78 is 0.879. The number of nitriles is 3. The van der Waals surface area contributed by atoms with Gasteiger partial charge in [0.2, 0.25) is 0 Å². The van der Waals surface area contributed by atoms with Gasteiger partial charge in [0, 0.05) is 21.0 Å². The smallest absolute Gasteiger partial charge is 0.194 e. The Hall–Kier alpha value is -3.04. The van der Waals surface area contributed by atoms with Gasteiger partial charge >= 0.3 is 0 Å². The van der Waals surface area contributed by atoms with Crippen molar-refractivity contribution in [3.63, 3.8) is 0 Å². The number of benzene rings is 2. The molecular weight excluding hydrogens is 436 g/mol. The lowest BCUT2D eigenvalue weighted by molar-refractivity contribution is 0.512. The van der Waals surface area contributed by atoms with Crippen molar-refractivity contribution in [3.8, 4) is 18.2 Å². The van der Waals surface area contributed by atoms with Crippen LogP contribution in [0.15, 0.2) is 69.8 Å². The zero-order valence-corrected chi connectivity index (χ0v) is 17.2. The van der Waals surface area contributed by atoms with Gasteiger partial charge in [0.1, 0.15) is 6.07 Å². The van der Waals surface area contributed by atoms with Crippen LogP contribution >= 0.6 is 27.5 Å². The third-order valence-electron chi connectivity index (χ3n) is 4.99. The first-order chi connectivity index (χ1) is 13.4. The molecule has 3 rings (SSSR count). The zero-order chi connectivity index (χ0) is 20.5. The summed E-state index contributed by atoms with van der Waals surface area (Å²) in [6.07, 6.45) is 0. The van der Waals surface area contributed by atoms with Crippen LogP contribution in [0.2, 0.25) is 5.02 Å². The van der Waals surface area contributed by atoms with Gasteiger partial charge in [0.15, 0.2) is 5.41 Å². The summed E-state index contributed by atoms with van der Waals surface area (Å²) in [5.41, 5.74) is 7.55. The molecule has 1 aliphatic carbocycles. The quantitative estimate of drug-likeness (QED) is 0.659. The van der Waals surface area contributed by atoms with Gasteiger partial charge in [-0.2, -0.15) is 15.8 Å². The van der Waals surface area contributed by atoms with E-state index in [4.69, 9.17) is 17.3 Å². The minimum atomic E-state index is -1.68. The Labute approximate surface area is 176 Å². The molecule has 2 N–H and O–H groups in total. The molecule has 136 valence electrons. The van der Waals surface area contributed by atoms with Crippen LogP contribution in [-0.4, -0.2) is 0 Å². The first-order valence-electron chi connectivity index (χ1n) is 8.35. The highest BCUT2D eigenvalue weighted by atomic mass is 79.9. The summed E-state index contributed by atoms with van der Waals surface area (Å²) in [4.78, 5) is 0. The lowest BCUT2D eigenvalue weighted by Crippen LogP contribution is -2.37. The molecule has 0 aliphatic heterocycles. The Kier molecular flexibility index (Phi) is 5.30. The van der Waals surface area contributed by atoms with E-state index < -0.39 is 11.3 Å². The van der Waals surface area contributed by atoms with Gasteiger partial charge in [-0.05, 0) is 42.3 Å². The van der Waals surface area contributed by atoms with E-state index >= 15 is 0 Å².